The van der Waals surface area contributed by atoms with E-state index in [4.69, 9.17) is 4.74 Å². The summed E-state index contributed by atoms with van der Waals surface area (Å²) < 4.78 is 46.1. The van der Waals surface area contributed by atoms with Crippen LogP contribution in [0.25, 0.3) is 0 Å². The van der Waals surface area contributed by atoms with Gasteiger partial charge in [-0.3, -0.25) is 14.4 Å². The SMILES string of the molecule is CC(=O)OC[C@H]1O[C@@H](F)[C@H](F)[C@@H](OC(C)=O)[C@@H]1OC(C)=O. The fourth-order valence-electron chi connectivity index (χ4n) is 1.85. The monoisotopic (exact) mass is 310 g/mol. The lowest BCUT2D eigenvalue weighted by molar-refractivity contribution is -0.259. The van der Waals surface area contributed by atoms with Crippen LogP contribution in [0.4, 0.5) is 8.78 Å². The largest absolute Gasteiger partial charge is 0.463 e. The Hall–Kier alpha value is -1.77. The molecule has 1 aliphatic rings. The summed E-state index contributed by atoms with van der Waals surface area (Å²) in [7, 11) is 0. The number of halogens is 2. The van der Waals surface area contributed by atoms with Crippen molar-refractivity contribution < 1.29 is 42.1 Å². The molecule has 0 aromatic carbocycles. The van der Waals surface area contributed by atoms with Crippen molar-refractivity contribution in [3.05, 3.63) is 0 Å². The van der Waals surface area contributed by atoms with Crippen LogP contribution in [-0.2, 0) is 33.3 Å². The minimum atomic E-state index is -2.40. The van der Waals surface area contributed by atoms with Gasteiger partial charge in [0.05, 0.1) is 0 Å². The first-order valence-electron chi connectivity index (χ1n) is 6.13. The minimum absolute atomic E-state index is 0.474. The second-order valence-corrected chi connectivity index (χ2v) is 4.42. The summed E-state index contributed by atoms with van der Waals surface area (Å²) >= 11 is 0. The Kier molecular flexibility index (Phi) is 6.01. The Bertz CT molecular complexity index is 414. The molecule has 1 rings (SSSR count). The molecular formula is C12H16F2O7. The zero-order chi connectivity index (χ0) is 16.2. The molecule has 120 valence electrons. The normalized spacial score (nSPS) is 32.1. The van der Waals surface area contributed by atoms with Crippen molar-refractivity contribution in [3.63, 3.8) is 0 Å². The average molecular weight is 310 g/mol. The van der Waals surface area contributed by atoms with Crippen LogP contribution in [0.15, 0.2) is 0 Å². The van der Waals surface area contributed by atoms with E-state index in [1.807, 2.05) is 0 Å². The molecule has 1 saturated heterocycles. The van der Waals surface area contributed by atoms with Crippen LogP contribution in [0.5, 0.6) is 0 Å². The van der Waals surface area contributed by atoms with Crippen molar-refractivity contribution in [1.29, 1.82) is 0 Å². The lowest BCUT2D eigenvalue weighted by Crippen LogP contribution is -2.58. The number of rotatable bonds is 4. The third kappa shape index (κ3) is 4.92. The molecule has 1 aliphatic heterocycles. The Balaban J connectivity index is 2.94. The van der Waals surface area contributed by atoms with Gasteiger partial charge in [-0.25, -0.2) is 8.78 Å². The van der Waals surface area contributed by atoms with E-state index >= 15 is 0 Å². The second kappa shape index (κ2) is 7.30. The zero-order valence-electron chi connectivity index (χ0n) is 11.7. The fraction of sp³-hybridized carbons (Fsp3) is 0.750. The molecule has 0 spiro atoms. The van der Waals surface area contributed by atoms with E-state index in [1.54, 1.807) is 0 Å². The standard InChI is InChI=1S/C12H16F2O7/c1-5(15)18-4-8-10(19-6(2)16)11(20-7(3)17)9(13)12(14)21-8/h8-12H,4H2,1-3H3/t8-,9-,10-,11-,12-/m1/s1. The summed E-state index contributed by atoms with van der Waals surface area (Å²) in [4.78, 5) is 32.8. The highest BCUT2D eigenvalue weighted by atomic mass is 19.2. The van der Waals surface area contributed by atoms with Crippen LogP contribution in [0.1, 0.15) is 20.8 Å². The van der Waals surface area contributed by atoms with Crippen LogP contribution in [-0.4, -0.2) is 55.4 Å². The van der Waals surface area contributed by atoms with Gasteiger partial charge in [0.1, 0.15) is 12.7 Å². The van der Waals surface area contributed by atoms with Crippen LogP contribution in [0, 0.1) is 0 Å². The van der Waals surface area contributed by atoms with Gasteiger partial charge in [0, 0.05) is 20.8 Å². The molecular weight excluding hydrogens is 294 g/mol. The maximum atomic E-state index is 13.8. The highest BCUT2D eigenvalue weighted by Gasteiger charge is 2.51. The van der Waals surface area contributed by atoms with Crippen molar-refractivity contribution in [2.75, 3.05) is 6.61 Å². The first kappa shape index (κ1) is 17.3. The van der Waals surface area contributed by atoms with Gasteiger partial charge in [-0.05, 0) is 0 Å². The molecule has 0 aromatic heterocycles. The van der Waals surface area contributed by atoms with Gasteiger partial charge in [0.15, 0.2) is 18.4 Å². The molecule has 0 unspecified atom stereocenters. The van der Waals surface area contributed by atoms with Gasteiger partial charge in [-0.2, -0.15) is 0 Å². The van der Waals surface area contributed by atoms with Gasteiger partial charge in [-0.1, -0.05) is 0 Å². The number of carbonyl (C=O) groups excluding carboxylic acids is 3. The van der Waals surface area contributed by atoms with Gasteiger partial charge in [-0.15, -0.1) is 0 Å². The molecule has 7 nitrogen and oxygen atoms in total. The highest BCUT2D eigenvalue weighted by molar-refractivity contribution is 5.67. The predicted octanol–water partition coefficient (Wildman–Crippen LogP) is 0.445. The van der Waals surface area contributed by atoms with Crippen molar-refractivity contribution in [3.8, 4) is 0 Å². The average Bonchev–Trinajstić information content (AvgIpc) is 2.35. The molecule has 9 heteroatoms. The molecule has 1 fully saturated rings. The molecule has 0 saturated carbocycles. The number of alkyl halides is 2. The zero-order valence-corrected chi connectivity index (χ0v) is 11.7. The number of ether oxygens (including phenoxy) is 4. The van der Waals surface area contributed by atoms with Crippen molar-refractivity contribution in [1.82, 2.24) is 0 Å². The van der Waals surface area contributed by atoms with E-state index in [2.05, 4.69) is 14.2 Å². The van der Waals surface area contributed by atoms with E-state index in [-0.39, 0.29) is 0 Å². The molecule has 21 heavy (non-hydrogen) atoms. The maximum Gasteiger partial charge on any atom is 0.303 e. The molecule has 0 amide bonds. The summed E-state index contributed by atoms with van der Waals surface area (Å²) in [6.07, 6.45) is -9.12. The Morgan fingerprint density at radius 1 is 0.952 bits per heavy atom. The predicted molar refractivity (Wildman–Crippen MR) is 62.4 cm³/mol. The van der Waals surface area contributed by atoms with E-state index in [0.29, 0.717) is 0 Å². The molecule has 0 aromatic rings. The lowest BCUT2D eigenvalue weighted by atomic mass is 10.00. The Labute approximate surface area is 119 Å². The summed E-state index contributed by atoms with van der Waals surface area (Å²) in [6.45, 7) is 2.68. The van der Waals surface area contributed by atoms with Crippen LogP contribution >= 0.6 is 0 Å². The first-order chi connectivity index (χ1) is 9.72. The van der Waals surface area contributed by atoms with Gasteiger partial charge < -0.3 is 18.9 Å². The van der Waals surface area contributed by atoms with E-state index in [9.17, 15) is 23.2 Å². The molecule has 1 heterocycles. The smallest absolute Gasteiger partial charge is 0.303 e. The molecule has 0 N–H and O–H groups in total. The van der Waals surface area contributed by atoms with Crippen molar-refractivity contribution in [2.45, 2.75) is 51.6 Å². The number of hydrogen-bond acceptors (Lipinski definition) is 7. The maximum absolute atomic E-state index is 13.8. The van der Waals surface area contributed by atoms with E-state index < -0.39 is 55.4 Å². The summed E-state index contributed by atoms with van der Waals surface area (Å²) in [6, 6.07) is 0. The van der Waals surface area contributed by atoms with Crippen LogP contribution < -0.4 is 0 Å². The van der Waals surface area contributed by atoms with Gasteiger partial charge in [0.2, 0.25) is 6.36 Å². The molecule has 5 atom stereocenters. The van der Waals surface area contributed by atoms with E-state index in [0.717, 1.165) is 20.8 Å². The highest BCUT2D eigenvalue weighted by Crippen LogP contribution is 2.29. The number of esters is 3. The Morgan fingerprint density at radius 3 is 1.95 bits per heavy atom. The fourth-order valence-corrected chi connectivity index (χ4v) is 1.85. The number of carbonyl (C=O) groups is 3. The first-order valence-corrected chi connectivity index (χ1v) is 6.13. The molecule has 0 radical (unpaired) electrons. The Morgan fingerprint density at radius 2 is 1.48 bits per heavy atom. The van der Waals surface area contributed by atoms with Gasteiger partial charge in [0.25, 0.3) is 0 Å². The van der Waals surface area contributed by atoms with E-state index in [1.165, 1.54) is 0 Å². The minimum Gasteiger partial charge on any atom is -0.463 e. The van der Waals surface area contributed by atoms with Crippen molar-refractivity contribution >= 4 is 17.9 Å². The van der Waals surface area contributed by atoms with Gasteiger partial charge >= 0.3 is 17.9 Å². The van der Waals surface area contributed by atoms with Crippen LogP contribution in [0.2, 0.25) is 0 Å². The summed E-state index contributed by atoms with van der Waals surface area (Å²) in [5.74, 6) is -2.36. The summed E-state index contributed by atoms with van der Waals surface area (Å²) in [5.41, 5.74) is 0. The lowest BCUT2D eigenvalue weighted by Gasteiger charge is -2.39. The third-order valence-corrected chi connectivity index (χ3v) is 2.61. The molecule has 0 aliphatic carbocycles. The quantitative estimate of drug-likeness (QED) is 0.550. The topological polar surface area (TPSA) is 88.1 Å². The number of hydrogen-bond donors (Lipinski definition) is 0. The second-order valence-electron chi connectivity index (χ2n) is 4.42. The molecule has 0 bridgehead atoms. The third-order valence-electron chi connectivity index (χ3n) is 2.61. The summed E-state index contributed by atoms with van der Waals surface area (Å²) in [5, 5.41) is 0. The van der Waals surface area contributed by atoms with Crippen LogP contribution in [0.3, 0.4) is 0 Å². The van der Waals surface area contributed by atoms with Crippen molar-refractivity contribution in [2.24, 2.45) is 0 Å².